The highest BCUT2D eigenvalue weighted by atomic mass is 28.3. The summed E-state index contributed by atoms with van der Waals surface area (Å²) >= 11 is 0. The quantitative estimate of drug-likeness (QED) is 0.365. The first kappa shape index (κ1) is 11.4. The Kier molecular flexibility index (Phi) is 5.66. The lowest BCUT2D eigenvalue weighted by molar-refractivity contribution is -0.112. The molecule has 0 aliphatic heterocycles. The Bertz CT molecular complexity index is 175. The van der Waals surface area contributed by atoms with Crippen molar-refractivity contribution in [1.29, 1.82) is 0 Å². The van der Waals surface area contributed by atoms with Crippen LogP contribution in [0.5, 0.6) is 0 Å². The summed E-state index contributed by atoms with van der Waals surface area (Å²) in [5.74, 6) is 0.654. The van der Waals surface area contributed by atoms with Crippen LogP contribution in [0.1, 0.15) is 27.7 Å². The standard InChI is InChI=1S/C8H16O3Si/c1-6(2)10-12-11-8(4)5-7(3)9/h5-6H,12H2,1-4H3/b8-5-. The molecule has 0 N–H and O–H groups in total. The van der Waals surface area contributed by atoms with Gasteiger partial charge in [-0.1, -0.05) is 0 Å². The van der Waals surface area contributed by atoms with Crippen molar-refractivity contribution in [1.82, 2.24) is 0 Å². The van der Waals surface area contributed by atoms with Gasteiger partial charge >= 0.3 is 10.0 Å². The predicted molar refractivity (Wildman–Crippen MR) is 50.3 cm³/mol. The van der Waals surface area contributed by atoms with Crippen LogP contribution in [0.2, 0.25) is 0 Å². The van der Waals surface area contributed by atoms with E-state index in [4.69, 9.17) is 8.85 Å². The molecule has 70 valence electrons. The van der Waals surface area contributed by atoms with E-state index >= 15 is 0 Å². The smallest absolute Gasteiger partial charge is 0.365 e. The van der Waals surface area contributed by atoms with E-state index in [-0.39, 0.29) is 11.9 Å². The van der Waals surface area contributed by atoms with E-state index in [9.17, 15) is 4.79 Å². The number of rotatable bonds is 5. The molecule has 4 heteroatoms. The summed E-state index contributed by atoms with van der Waals surface area (Å²) in [5, 5.41) is 0. The Morgan fingerprint density at radius 3 is 2.42 bits per heavy atom. The molecule has 0 aliphatic rings. The second-order valence-corrected chi connectivity index (χ2v) is 3.70. The Labute approximate surface area is 75.8 Å². The molecule has 0 spiro atoms. The van der Waals surface area contributed by atoms with Gasteiger partial charge in [0.15, 0.2) is 5.78 Å². The van der Waals surface area contributed by atoms with Crippen LogP contribution < -0.4 is 0 Å². The SMILES string of the molecule is CC(=O)/C=C(/C)O[SiH2]OC(C)C. The van der Waals surface area contributed by atoms with Crippen LogP contribution in [0.3, 0.4) is 0 Å². The highest BCUT2D eigenvalue weighted by Crippen LogP contribution is 1.95. The Balaban J connectivity index is 3.57. The molecule has 0 bridgehead atoms. The van der Waals surface area contributed by atoms with Crippen LogP contribution in [0.15, 0.2) is 11.8 Å². The van der Waals surface area contributed by atoms with Gasteiger partial charge in [0.25, 0.3) is 0 Å². The molecule has 0 saturated heterocycles. The molecular weight excluding hydrogens is 172 g/mol. The van der Waals surface area contributed by atoms with Crippen molar-refractivity contribution < 1.29 is 13.6 Å². The molecule has 0 amide bonds. The van der Waals surface area contributed by atoms with Crippen molar-refractivity contribution >= 4 is 15.8 Å². The third-order valence-electron chi connectivity index (χ3n) is 1.09. The van der Waals surface area contributed by atoms with Crippen molar-refractivity contribution in [3.8, 4) is 0 Å². The molecule has 0 aromatic carbocycles. The molecule has 0 aromatic rings. The minimum Gasteiger partial charge on any atom is -0.528 e. The molecule has 0 rings (SSSR count). The first-order chi connectivity index (χ1) is 5.52. The summed E-state index contributed by atoms with van der Waals surface area (Å²) in [4.78, 5) is 10.6. The van der Waals surface area contributed by atoms with Crippen LogP contribution in [-0.2, 0) is 13.6 Å². The monoisotopic (exact) mass is 188 g/mol. The molecule has 0 heterocycles. The van der Waals surface area contributed by atoms with E-state index in [1.54, 1.807) is 6.92 Å². The zero-order valence-corrected chi connectivity index (χ0v) is 9.50. The summed E-state index contributed by atoms with van der Waals surface area (Å²) < 4.78 is 10.5. The van der Waals surface area contributed by atoms with Gasteiger partial charge in [0.1, 0.15) is 0 Å². The lowest BCUT2D eigenvalue weighted by atomic mass is 10.4. The van der Waals surface area contributed by atoms with Crippen LogP contribution in [0.25, 0.3) is 0 Å². The summed E-state index contributed by atoms with van der Waals surface area (Å²) in [6.07, 6.45) is 1.68. The van der Waals surface area contributed by atoms with Gasteiger partial charge in [0.05, 0.1) is 5.76 Å². The number of allylic oxidation sites excluding steroid dienone is 2. The molecular formula is C8H16O3Si. The maximum Gasteiger partial charge on any atom is 0.365 e. The average Bonchev–Trinajstić information content (AvgIpc) is 1.84. The molecule has 0 radical (unpaired) electrons. The zero-order valence-electron chi connectivity index (χ0n) is 8.09. The van der Waals surface area contributed by atoms with Gasteiger partial charge in [-0.3, -0.25) is 4.79 Å². The van der Waals surface area contributed by atoms with Crippen molar-refractivity contribution in [3.63, 3.8) is 0 Å². The minimum absolute atomic E-state index is 0.00560. The molecule has 0 aromatic heterocycles. The van der Waals surface area contributed by atoms with E-state index in [1.165, 1.54) is 13.0 Å². The number of hydrogen-bond acceptors (Lipinski definition) is 3. The van der Waals surface area contributed by atoms with Crippen LogP contribution in [0.4, 0.5) is 0 Å². The highest BCUT2D eigenvalue weighted by Gasteiger charge is 1.96. The third-order valence-corrected chi connectivity index (χ3v) is 2.47. The molecule has 3 nitrogen and oxygen atoms in total. The summed E-state index contributed by atoms with van der Waals surface area (Å²) in [5.41, 5.74) is 0. The Hall–Kier alpha value is -0.613. The van der Waals surface area contributed by atoms with Gasteiger partial charge in [-0.2, -0.15) is 0 Å². The van der Waals surface area contributed by atoms with Crippen molar-refractivity contribution in [2.75, 3.05) is 0 Å². The van der Waals surface area contributed by atoms with Crippen LogP contribution in [-0.4, -0.2) is 21.9 Å². The fourth-order valence-corrected chi connectivity index (χ4v) is 1.20. The molecule has 12 heavy (non-hydrogen) atoms. The van der Waals surface area contributed by atoms with Crippen molar-refractivity contribution in [3.05, 3.63) is 11.8 Å². The maximum atomic E-state index is 10.6. The fraction of sp³-hybridized carbons (Fsp3) is 0.625. The average molecular weight is 188 g/mol. The third kappa shape index (κ3) is 7.49. The topological polar surface area (TPSA) is 35.5 Å². The first-order valence-corrected chi connectivity index (χ1v) is 5.11. The fourth-order valence-electron chi connectivity index (χ4n) is 0.591. The number of carbonyl (C=O) groups excluding carboxylic acids is 1. The van der Waals surface area contributed by atoms with Gasteiger partial charge in [0, 0.05) is 12.2 Å². The van der Waals surface area contributed by atoms with E-state index in [0.717, 1.165) is 0 Å². The zero-order chi connectivity index (χ0) is 9.56. The molecule has 0 fully saturated rings. The largest absolute Gasteiger partial charge is 0.528 e. The first-order valence-electron chi connectivity index (χ1n) is 3.95. The maximum absolute atomic E-state index is 10.6. The molecule has 0 saturated carbocycles. The Morgan fingerprint density at radius 2 is 2.00 bits per heavy atom. The summed E-state index contributed by atoms with van der Waals surface area (Å²) in [7, 11) is -0.947. The highest BCUT2D eigenvalue weighted by molar-refractivity contribution is 6.18. The molecule has 0 atom stereocenters. The predicted octanol–water partition coefficient (Wildman–Crippen LogP) is 0.920. The van der Waals surface area contributed by atoms with Crippen molar-refractivity contribution in [2.24, 2.45) is 0 Å². The van der Waals surface area contributed by atoms with Gasteiger partial charge in [-0.05, 0) is 27.7 Å². The second-order valence-electron chi connectivity index (χ2n) is 2.84. The molecule has 0 unspecified atom stereocenters. The molecule has 0 aliphatic carbocycles. The normalized spacial score (nSPS) is 12.9. The number of hydrogen-bond donors (Lipinski definition) is 0. The van der Waals surface area contributed by atoms with Gasteiger partial charge in [-0.25, -0.2) is 0 Å². The number of ketones is 1. The van der Waals surface area contributed by atoms with Gasteiger partial charge in [0.2, 0.25) is 0 Å². The van der Waals surface area contributed by atoms with Gasteiger partial charge < -0.3 is 8.85 Å². The van der Waals surface area contributed by atoms with E-state index < -0.39 is 10.0 Å². The van der Waals surface area contributed by atoms with Crippen molar-refractivity contribution in [2.45, 2.75) is 33.8 Å². The lowest BCUT2D eigenvalue weighted by Crippen LogP contribution is -2.10. The summed E-state index contributed by atoms with van der Waals surface area (Å²) in [6, 6.07) is 0. The lowest BCUT2D eigenvalue weighted by Gasteiger charge is -2.08. The minimum atomic E-state index is -0.947. The Morgan fingerprint density at radius 1 is 1.42 bits per heavy atom. The van der Waals surface area contributed by atoms with Crippen LogP contribution >= 0.6 is 0 Å². The van der Waals surface area contributed by atoms with E-state index in [0.29, 0.717) is 5.76 Å². The van der Waals surface area contributed by atoms with Gasteiger partial charge in [-0.15, -0.1) is 0 Å². The van der Waals surface area contributed by atoms with E-state index in [2.05, 4.69) is 0 Å². The van der Waals surface area contributed by atoms with Crippen LogP contribution in [0, 0.1) is 0 Å². The second kappa shape index (κ2) is 5.96. The van der Waals surface area contributed by atoms with E-state index in [1.807, 2.05) is 13.8 Å². The number of carbonyl (C=O) groups is 1. The summed E-state index contributed by atoms with van der Waals surface area (Å²) in [6.45, 7) is 7.18.